The Bertz CT molecular complexity index is 447. The smallest absolute Gasteiger partial charge is 0.256 e. The van der Waals surface area contributed by atoms with Crippen LogP contribution in [0, 0.1) is 5.82 Å². The van der Waals surface area contributed by atoms with Gasteiger partial charge in [-0.05, 0) is 31.0 Å². The van der Waals surface area contributed by atoms with Gasteiger partial charge in [0.1, 0.15) is 5.82 Å². The molecule has 1 aliphatic rings. The van der Waals surface area contributed by atoms with E-state index < -0.39 is 5.82 Å². The Labute approximate surface area is 111 Å². The second kappa shape index (κ2) is 5.71. The summed E-state index contributed by atoms with van der Waals surface area (Å²) < 4.78 is 18.9. The van der Waals surface area contributed by atoms with Gasteiger partial charge in [-0.2, -0.15) is 0 Å². The Morgan fingerprint density at radius 3 is 2.78 bits per heavy atom. The molecule has 2 rings (SSSR count). The van der Waals surface area contributed by atoms with Gasteiger partial charge in [0.05, 0.1) is 5.56 Å². The molecule has 0 unspecified atom stereocenters. The fourth-order valence-electron chi connectivity index (χ4n) is 2.11. The van der Waals surface area contributed by atoms with Crippen molar-refractivity contribution in [3.63, 3.8) is 0 Å². The van der Waals surface area contributed by atoms with Crippen molar-refractivity contribution in [2.75, 3.05) is 20.3 Å². The minimum atomic E-state index is -0.503. The summed E-state index contributed by atoms with van der Waals surface area (Å²) >= 11 is 4.13. The van der Waals surface area contributed by atoms with E-state index in [-0.39, 0.29) is 17.5 Å². The highest BCUT2D eigenvalue weighted by atomic mass is 32.1. The van der Waals surface area contributed by atoms with Crippen LogP contribution in [0.4, 0.5) is 4.39 Å². The number of benzene rings is 1. The highest BCUT2D eigenvalue weighted by Gasteiger charge is 2.25. The molecule has 1 fully saturated rings. The maximum atomic E-state index is 13.6. The molecule has 0 atom stereocenters. The highest BCUT2D eigenvalue weighted by Crippen LogP contribution is 2.19. The number of rotatable bonds is 2. The van der Waals surface area contributed by atoms with Crippen molar-refractivity contribution >= 4 is 18.5 Å². The zero-order chi connectivity index (χ0) is 13.1. The molecule has 0 aromatic heterocycles. The summed E-state index contributed by atoms with van der Waals surface area (Å²) in [7, 11) is 1.71. The number of amides is 1. The molecule has 1 saturated heterocycles. The molecule has 3 nitrogen and oxygen atoms in total. The highest BCUT2D eigenvalue weighted by molar-refractivity contribution is 7.80. The third-order valence-electron chi connectivity index (χ3n) is 3.24. The lowest BCUT2D eigenvalue weighted by Gasteiger charge is -2.31. The van der Waals surface area contributed by atoms with E-state index in [0.717, 1.165) is 12.8 Å². The van der Waals surface area contributed by atoms with Crippen LogP contribution in [0.5, 0.6) is 0 Å². The maximum Gasteiger partial charge on any atom is 0.256 e. The molecule has 1 heterocycles. The molecule has 1 aromatic rings. The Morgan fingerprint density at radius 1 is 1.44 bits per heavy atom. The number of carbonyl (C=O) groups excluding carboxylic acids is 1. The molecule has 5 heteroatoms. The summed E-state index contributed by atoms with van der Waals surface area (Å²) in [5, 5.41) is 0. The number of carbonyl (C=O) groups is 1. The van der Waals surface area contributed by atoms with Crippen LogP contribution in [-0.4, -0.2) is 37.1 Å². The standard InChI is InChI=1S/C13H16FNO2S/c1-15(9-4-6-17-7-5-9)13(16)11-8-10(18)2-3-12(11)14/h2-3,8-9,18H,4-7H2,1H3. The third-order valence-corrected chi connectivity index (χ3v) is 3.52. The van der Waals surface area contributed by atoms with Crippen LogP contribution in [0.1, 0.15) is 23.2 Å². The number of hydrogen-bond acceptors (Lipinski definition) is 3. The molecule has 0 saturated carbocycles. The van der Waals surface area contributed by atoms with Crippen LogP contribution < -0.4 is 0 Å². The fraction of sp³-hybridized carbons (Fsp3) is 0.462. The predicted molar refractivity (Wildman–Crippen MR) is 69.6 cm³/mol. The van der Waals surface area contributed by atoms with E-state index in [1.165, 1.54) is 18.2 Å². The van der Waals surface area contributed by atoms with E-state index in [1.807, 2.05) is 0 Å². The molecule has 0 radical (unpaired) electrons. The van der Waals surface area contributed by atoms with Gasteiger partial charge >= 0.3 is 0 Å². The van der Waals surface area contributed by atoms with Crippen LogP contribution >= 0.6 is 12.6 Å². The van der Waals surface area contributed by atoms with Crippen LogP contribution in [0.3, 0.4) is 0 Å². The monoisotopic (exact) mass is 269 g/mol. The van der Waals surface area contributed by atoms with Crippen molar-refractivity contribution in [2.24, 2.45) is 0 Å². The number of hydrogen-bond donors (Lipinski definition) is 1. The summed E-state index contributed by atoms with van der Waals surface area (Å²) in [5.41, 5.74) is 0.0801. The van der Waals surface area contributed by atoms with Gasteiger partial charge in [-0.1, -0.05) is 0 Å². The van der Waals surface area contributed by atoms with Crippen molar-refractivity contribution in [3.8, 4) is 0 Å². The SMILES string of the molecule is CN(C(=O)c1cc(S)ccc1F)C1CCOCC1. The predicted octanol–water partition coefficient (Wildman–Crippen LogP) is 2.37. The van der Waals surface area contributed by atoms with Gasteiger partial charge in [-0.15, -0.1) is 12.6 Å². The number of ether oxygens (including phenoxy) is 1. The second-order valence-electron chi connectivity index (χ2n) is 4.42. The van der Waals surface area contributed by atoms with E-state index in [2.05, 4.69) is 12.6 Å². The Morgan fingerprint density at radius 2 is 2.11 bits per heavy atom. The summed E-state index contributed by atoms with van der Waals surface area (Å²) in [6, 6.07) is 4.39. The molecule has 0 N–H and O–H groups in total. The topological polar surface area (TPSA) is 29.5 Å². The van der Waals surface area contributed by atoms with Crippen molar-refractivity contribution in [1.82, 2.24) is 4.90 Å². The Hall–Kier alpha value is -1.07. The summed E-state index contributed by atoms with van der Waals surface area (Å²) in [6.45, 7) is 1.30. The normalized spacial score (nSPS) is 16.6. The molecular formula is C13H16FNO2S. The number of nitrogens with zero attached hydrogens (tertiary/aromatic N) is 1. The van der Waals surface area contributed by atoms with Crippen molar-refractivity contribution in [3.05, 3.63) is 29.6 Å². The van der Waals surface area contributed by atoms with Gasteiger partial charge in [-0.3, -0.25) is 4.79 Å². The van der Waals surface area contributed by atoms with Gasteiger partial charge in [-0.25, -0.2) is 4.39 Å². The molecule has 0 bridgehead atoms. The minimum Gasteiger partial charge on any atom is -0.381 e. The summed E-state index contributed by atoms with van der Waals surface area (Å²) in [6.07, 6.45) is 1.59. The molecule has 1 aromatic carbocycles. The molecule has 98 valence electrons. The minimum absolute atomic E-state index is 0.0801. The summed E-state index contributed by atoms with van der Waals surface area (Å²) in [5.74, 6) is -0.799. The third kappa shape index (κ3) is 2.84. The van der Waals surface area contributed by atoms with E-state index in [0.29, 0.717) is 18.1 Å². The first-order valence-electron chi connectivity index (χ1n) is 5.93. The van der Waals surface area contributed by atoms with Gasteiger partial charge in [0.15, 0.2) is 0 Å². The first kappa shape index (κ1) is 13.4. The van der Waals surface area contributed by atoms with E-state index in [1.54, 1.807) is 11.9 Å². The van der Waals surface area contributed by atoms with Crippen molar-refractivity contribution in [1.29, 1.82) is 0 Å². The molecule has 18 heavy (non-hydrogen) atoms. The zero-order valence-corrected chi connectivity index (χ0v) is 11.1. The van der Waals surface area contributed by atoms with Gasteiger partial charge < -0.3 is 9.64 Å². The van der Waals surface area contributed by atoms with Crippen molar-refractivity contribution < 1.29 is 13.9 Å². The van der Waals surface area contributed by atoms with Gasteiger partial charge in [0.2, 0.25) is 0 Å². The average Bonchev–Trinajstić information content (AvgIpc) is 2.41. The lowest BCUT2D eigenvalue weighted by Crippen LogP contribution is -2.40. The number of thiol groups is 1. The van der Waals surface area contributed by atoms with Crippen LogP contribution in [0.15, 0.2) is 23.1 Å². The van der Waals surface area contributed by atoms with E-state index >= 15 is 0 Å². The van der Waals surface area contributed by atoms with Crippen LogP contribution in [-0.2, 0) is 4.74 Å². The fourth-order valence-corrected chi connectivity index (χ4v) is 2.31. The molecule has 1 aliphatic heterocycles. The first-order chi connectivity index (χ1) is 8.59. The first-order valence-corrected chi connectivity index (χ1v) is 6.37. The molecule has 1 amide bonds. The van der Waals surface area contributed by atoms with Crippen LogP contribution in [0.2, 0.25) is 0 Å². The quantitative estimate of drug-likeness (QED) is 0.835. The van der Waals surface area contributed by atoms with Gasteiger partial charge in [0.25, 0.3) is 5.91 Å². The lowest BCUT2D eigenvalue weighted by molar-refractivity contribution is 0.0359. The molecule has 0 aliphatic carbocycles. The number of halogens is 1. The van der Waals surface area contributed by atoms with Gasteiger partial charge in [0, 0.05) is 31.2 Å². The lowest BCUT2D eigenvalue weighted by atomic mass is 10.1. The maximum absolute atomic E-state index is 13.6. The summed E-state index contributed by atoms with van der Waals surface area (Å²) in [4.78, 5) is 14.4. The molecule has 0 spiro atoms. The van der Waals surface area contributed by atoms with E-state index in [4.69, 9.17) is 4.74 Å². The van der Waals surface area contributed by atoms with E-state index in [9.17, 15) is 9.18 Å². The average molecular weight is 269 g/mol. The van der Waals surface area contributed by atoms with Crippen molar-refractivity contribution in [2.45, 2.75) is 23.8 Å². The molecular weight excluding hydrogens is 253 g/mol. The Balaban J connectivity index is 2.16. The second-order valence-corrected chi connectivity index (χ2v) is 4.94. The zero-order valence-electron chi connectivity index (χ0n) is 10.2. The Kier molecular flexibility index (Phi) is 4.24. The van der Waals surface area contributed by atoms with Crippen LogP contribution in [0.25, 0.3) is 0 Å². The largest absolute Gasteiger partial charge is 0.381 e.